The second-order valence-electron chi connectivity index (χ2n) is 2.82. The molecule has 0 saturated heterocycles. The van der Waals surface area contributed by atoms with Crippen LogP contribution in [0, 0.1) is 0 Å². The summed E-state index contributed by atoms with van der Waals surface area (Å²) in [5.74, 6) is 0.188. The van der Waals surface area contributed by atoms with Gasteiger partial charge in [0.25, 0.3) is 0 Å². The van der Waals surface area contributed by atoms with Crippen LogP contribution in [-0.4, -0.2) is 10.1 Å². The average molecular weight is 207 g/mol. The van der Waals surface area contributed by atoms with Crippen molar-refractivity contribution in [1.29, 1.82) is 0 Å². The van der Waals surface area contributed by atoms with E-state index in [4.69, 9.17) is 11.5 Å². The van der Waals surface area contributed by atoms with Crippen molar-refractivity contribution >= 4 is 21.5 Å². The predicted octanol–water partition coefficient (Wildman–Crippen LogP) is 1.68. The molecule has 0 fully saturated rings. The molecule has 0 bridgehead atoms. The number of aromatic nitrogens is 1. The highest BCUT2D eigenvalue weighted by Crippen LogP contribution is 2.32. The zero-order chi connectivity index (χ0) is 10.1. The number of nitrogens with zero attached hydrogens (tertiary/aromatic N) is 1. The Hall–Kier alpha value is -1.75. The van der Waals surface area contributed by atoms with Gasteiger partial charge in [-0.25, -0.2) is 4.98 Å². The minimum absolute atomic E-state index is 0.188. The Kier molecular flexibility index (Phi) is 2.01. The highest BCUT2D eigenvalue weighted by molar-refractivity contribution is 7.19. The number of rotatable bonds is 1. The number of nitrogen functional groups attached to an aromatic ring is 2. The number of phenolic OH excluding ortho intramolecular Hbond substituents is 1. The van der Waals surface area contributed by atoms with Crippen LogP contribution in [0.25, 0.3) is 11.3 Å². The summed E-state index contributed by atoms with van der Waals surface area (Å²) in [6.45, 7) is 0. The quantitative estimate of drug-likeness (QED) is 0.664. The molecule has 0 saturated carbocycles. The van der Waals surface area contributed by atoms with E-state index in [9.17, 15) is 5.11 Å². The van der Waals surface area contributed by atoms with Gasteiger partial charge in [0.15, 0.2) is 5.13 Å². The maximum atomic E-state index is 9.28. The first kappa shape index (κ1) is 8.83. The third-order valence-electron chi connectivity index (χ3n) is 1.79. The summed E-state index contributed by atoms with van der Waals surface area (Å²) in [6.07, 6.45) is 0. The van der Waals surface area contributed by atoms with Gasteiger partial charge >= 0.3 is 0 Å². The fourth-order valence-electron chi connectivity index (χ4n) is 1.21. The molecule has 72 valence electrons. The topological polar surface area (TPSA) is 85.2 Å². The molecule has 2 aromatic rings. The first-order valence-corrected chi connectivity index (χ1v) is 4.79. The van der Waals surface area contributed by atoms with E-state index in [-0.39, 0.29) is 5.75 Å². The van der Waals surface area contributed by atoms with Crippen LogP contribution in [0.4, 0.5) is 10.1 Å². The van der Waals surface area contributed by atoms with Crippen molar-refractivity contribution in [2.75, 3.05) is 11.5 Å². The van der Waals surface area contributed by atoms with Crippen molar-refractivity contribution in [3.63, 3.8) is 0 Å². The van der Waals surface area contributed by atoms with E-state index in [1.165, 1.54) is 11.3 Å². The Morgan fingerprint density at radius 1 is 1.29 bits per heavy atom. The molecule has 1 heterocycles. The molecule has 0 aliphatic carbocycles. The van der Waals surface area contributed by atoms with Crippen LogP contribution in [0.15, 0.2) is 24.3 Å². The second-order valence-corrected chi connectivity index (χ2v) is 3.88. The fraction of sp³-hybridized carbons (Fsp3) is 0. The first-order valence-electron chi connectivity index (χ1n) is 3.98. The number of anilines is 2. The largest absolute Gasteiger partial charge is 0.508 e. The van der Waals surface area contributed by atoms with Crippen LogP contribution in [-0.2, 0) is 0 Å². The number of hydrogen-bond acceptors (Lipinski definition) is 5. The van der Waals surface area contributed by atoms with E-state index in [1.54, 1.807) is 18.2 Å². The van der Waals surface area contributed by atoms with E-state index in [2.05, 4.69) is 4.98 Å². The maximum Gasteiger partial charge on any atom is 0.182 e. The fourth-order valence-corrected chi connectivity index (χ4v) is 1.83. The number of benzene rings is 1. The highest BCUT2D eigenvalue weighted by atomic mass is 32.1. The van der Waals surface area contributed by atoms with Gasteiger partial charge in [-0.05, 0) is 12.1 Å². The lowest BCUT2D eigenvalue weighted by atomic mass is 10.1. The van der Waals surface area contributed by atoms with Gasteiger partial charge in [0.05, 0.1) is 0 Å². The van der Waals surface area contributed by atoms with E-state index in [0.29, 0.717) is 15.8 Å². The lowest BCUT2D eigenvalue weighted by Gasteiger charge is -1.98. The maximum absolute atomic E-state index is 9.28. The standard InChI is InChI=1S/C9H9N3OS/c10-8-7(12-9(11)14-8)5-2-1-3-6(13)4-5/h1-4,13H,10H2,(H2,11,12). The van der Waals surface area contributed by atoms with Gasteiger partial charge in [-0.15, -0.1) is 0 Å². The number of aromatic hydroxyl groups is 1. The lowest BCUT2D eigenvalue weighted by Crippen LogP contribution is -1.86. The highest BCUT2D eigenvalue weighted by Gasteiger charge is 2.08. The molecule has 0 atom stereocenters. The summed E-state index contributed by atoms with van der Waals surface area (Å²) in [7, 11) is 0. The van der Waals surface area contributed by atoms with Gasteiger partial charge in [-0.1, -0.05) is 23.5 Å². The SMILES string of the molecule is Nc1nc(-c2cccc(O)c2)c(N)s1. The van der Waals surface area contributed by atoms with E-state index >= 15 is 0 Å². The van der Waals surface area contributed by atoms with Crippen LogP contribution in [0.1, 0.15) is 0 Å². The molecule has 14 heavy (non-hydrogen) atoms. The van der Waals surface area contributed by atoms with Crippen LogP contribution in [0.2, 0.25) is 0 Å². The van der Waals surface area contributed by atoms with Crippen molar-refractivity contribution < 1.29 is 5.11 Å². The minimum Gasteiger partial charge on any atom is -0.508 e. The summed E-state index contributed by atoms with van der Waals surface area (Å²) in [6, 6.07) is 6.75. The molecule has 1 aromatic heterocycles. The molecule has 0 aliphatic heterocycles. The number of nitrogens with two attached hydrogens (primary N) is 2. The lowest BCUT2D eigenvalue weighted by molar-refractivity contribution is 0.475. The Morgan fingerprint density at radius 3 is 2.64 bits per heavy atom. The van der Waals surface area contributed by atoms with Crippen molar-refractivity contribution in [1.82, 2.24) is 4.98 Å². The van der Waals surface area contributed by atoms with E-state index < -0.39 is 0 Å². The normalized spacial score (nSPS) is 10.3. The summed E-state index contributed by atoms with van der Waals surface area (Å²) in [4.78, 5) is 4.08. The number of thiazole rings is 1. The van der Waals surface area contributed by atoms with Crippen molar-refractivity contribution in [2.45, 2.75) is 0 Å². The van der Waals surface area contributed by atoms with Gasteiger partial charge in [-0.2, -0.15) is 0 Å². The zero-order valence-electron chi connectivity index (χ0n) is 7.27. The third kappa shape index (κ3) is 1.49. The predicted molar refractivity (Wildman–Crippen MR) is 58.0 cm³/mol. The van der Waals surface area contributed by atoms with Crippen LogP contribution in [0.5, 0.6) is 5.75 Å². The third-order valence-corrected chi connectivity index (χ3v) is 2.50. The molecular formula is C9H9N3OS. The molecule has 0 aliphatic rings. The van der Waals surface area contributed by atoms with Crippen molar-refractivity contribution in [3.05, 3.63) is 24.3 Å². The number of hydrogen-bond donors (Lipinski definition) is 3. The average Bonchev–Trinajstić information content (AvgIpc) is 2.45. The molecule has 2 rings (SSSR count). The molecule has 0 unspecified atom stereocenters. The minimum atomic E-state index is 0.188. The summed E-state index contributed by atoms with van der Waals surface area (Å²) in [5, 5.41) is 10.3. The molecule has 0 spiro atoms. The van der Waals surface area contributed by atoms with E-state index in [1.807, 2.05) is 6.07 Å². The Bertz CT molecular complexity index is 467. The van der Waals surface area contributed by atoms with Gasteiger partial charge in [0.2, 0.25) is 0 Å². The molecular weight excluding hydrogens is 198 g/mol. The van der Waals surface area contributed by atoms with Crippen LogP contribution >= 0.6 is 11.3 Å². The first-order chi connectivity index (χ1) is 6.66. The van der Waals surface area contributed by atoms with Gasteiger partial charge in [0.1, 0.15) is 16.4 Å². The van der Waals surface area contributed by atoms with Crippen LogP contribution in [0.3, 0.4) is 0 Å². The molecule has 5 heteroatoms. The molecule has 0 amide bonds. The van der Waals surface area contributed by atoms with Gasteiger partial charge in [0, 0.05) is 5.56 Å². The Balaban J connectivity index is 2.54. The molecule has 5 N–H and O–H groups in total. The van der Waals surface area contributed by atoms with E-state index in [0.717, 1.165) is 5.56 Å². The number of phenols is 1. The monoisotopic (exact) mass is 207 g/mol. The summed E-state index contributed by atoms with van der Waals surface area (Å²) in [5.41, 5.74) is 12.6. The molecule has 1 aromatic carbocycles. The smallest absolute Gasteiger partial charge is 0.182 e. The van der Waals surface area contributed by atoms with Gasteiger partial charge in [-0.3, -0.25) is 0 Å². The van der Waals surface area contributed by atoms with Crippen LogP contribution < -0.4 is 11.5 Å². The second kappa shape index (κ2) is 3.19. The van der Waals surface area contributed by atoms with Crippen molar-refractivity contribution in [2.24, 2.45) is 0 Å². The molecule has 4 nitrogen and oxygen atoms in total. The summed E-state index contributed by atoms with van der Waals surface area (Å²) >= 11 is 1.23. The van der Waals surface area contributed by atoms with Gasteiger partial charge < -0.3 is 16.6 Å². The molecule has 0 radical (unpaired) electrons. The Labute approximate surface area is 84.8 Å². The summed E-state index contributed by atoms with van der Waals surface area (Å²) < 4.78 is 0. The van der Waals surface area contributed by atoms with Crippen molar-refractivity contribution in [3.8, 4) is 17.0 Å². The zero-order valence-corrected chi connectivity index (χ0v) is 8.08. The Morgan fingerprint density at radius 2 is 2.07 bits per heavy atom.